The fourth-order valence-electron chi connectivity index (χ4n) is 8.30. The van der Waals surface area contributed by atoms with E-state index in [0.717, 1.165) is 12.8 Å². The van der Waals surface area contributed by atoms with Gasteiger partial charge in [0.2, 0.25) is 0 Å². The third-order valence-electron chi connectivity index (χ3n) is 10.0. The molecule has 0 radical (unpaired) electrons. The Kier molecular flexibility index (Phi) is 7.18. The lowest BCUT2D eigenvalue weighted by molar-refractivity contribution is -0.177. The molecule has 4 aliphatic carbocycles. The number of ketones is 2. The number of carbonyl (C=O) groups excluding carboxylic acids is 2. The molecule has 8 nitrogen and oxygen atoms in total. The van der Waals surface area contributed by atoms with Gasteiger partial charge in [0.25, 0.3) is 0 Å². The number of rotatable bonds is 8. The summed E-state index contributed by atoms with van der Waals surface area (Å²) in [6, 6.07) is 0. The van der Waals surface area contributed by atoms with Gasteiger partial charge in [0.05, 0.1) is 15.6 Å². The van der Waals surface area contributed by atoms with E-state index in [1.165, 1.54) is 23.5 Å². The van der Waals surface area contributed by atoms with Gasteiger partial charge in [-0.05, 0) is 68.1 Å². The molecule has 0 amide bonds. The van der Waals surface area contributed by atoms with Gasteiger partial charge < -0.3 is 20.4 Å². The van der Waals surface area contributed by atoms with Crippen molar-refractivity contribution in [3.8, 4) is 0 Å². The number of hydrogen-bond acceptors (Lipinski definition) is 8. The van der Waals surface area contributed by atoms with Crippen molar-refractivity contribution in [1.82, 2.24) is 0 Å². The average Bonchev–Trinajstić information content (AvgIpc) is 3.07. The van der Waals surface area contributed by atoms with E-state index in [1.807, 2.05) is 6.92 Å². The molecule has 4 fully saturated rings. The number of carboxylic acids is 2. The molecule has 0 heterocycles. The Morgan fingerprint density at radius 2 is 1.60 bits per heavy atom. The van der Waals surface area contributed by atoms with Crippen LogP contribution in [0.4, 0.5) is 0 Å². The number of carboxylic acid groups (broad SMARTS) is 2. The highest BCUT2D eigenvalue weighted by Crippen LogP contribution is 2.69. The maximum absolute atomic E-state index is 13.8. The fourth-order valence-corrected chi connectivity index (χ4v) is 10.9. The Balaban J connectivity index is 1.60. The van der Waals surface area contributed by atoms with Gasteiger partial charge in [-0.1, -0.05) is 13.8 Å². The molecule has 4 rings (SSSR count). The molecule has 0 spiro atoms. The van der Waals surface area contributed by atoms with E-state index in [-0.39, 0.29) is 59.2 Å². The summed E-state index contributed by atoms with van der Waals surface area (Å²) in [6.07, 6.45) is 4.72. The van der Waals surface area contributed by atoms with Gasteiger partial charge in [-0.25, -0.2) is 0 Å². The van der Waals surface area contributed by atoms with E-state index in [9.17, 15) is 39.6 Å². The smallest absolute Gasteiger partial charge is 0.313 e. The lowest BCUT2D eigenvalue weighted by Gasteiger charge is -2.61. The zero-order chi connectivity index (χ0) is 25.8. The minimum absolute atomic E-state index is 0.0259. The zero-order valence-electron chi connectivity index (χ0n) is 20.3. The Bertz CT molecular complexity index is 905. The molecule has 4 saturated carbocycles. The summed E-state index contributed by atoms with van der Waals surface area (Å²) in [5, 5.41) is 39.4. The van der Waals surface area contributed by atoms with Crippen molar-refractivity contribution in [1.29, 1.82) is 0 Å². The first-order chi connectivity index (χ1) is 16.3. The molecule has 0 aliphatic heterocycles. The largest absolute Gasteiger partial charge is 0.481 e. The van der Waals surface area contributed by atoms with Gasteiger partial charge >= 0.3 is 11.9 Å². The predicted octanol–water partition coefficient (Wildman–Crippen LogP) is 2.83. The molecule has 0 aromatic carbocycles. The van der Waals surface area contributed by atoms with Crippen molar-refractivity contribution in [2.75, 3.05) is 18.1 Å². The lowest BCUT2D eigenvalue weighted by atomic mass is 9.44. The van der Waals surface area contributed by atoms with E-state index >= 15 is 0 Å². The SMILES string of the molecule is CC12CCC(SCC(=O)O)(SCC(=O)O)CC1CCC1C2C(=O)CC2(C)C1CCC2(O)C(=O)CO. The topological polar surface area (TPSA) is 149 Å². The van der Waals surface area contributed by atoms with Crippen LogP contribution in [-0.2, 0) is 19.2 Å². The van der Waals surface area contributed by atoms with Gasteiger partial charge in [0.1, 0.15) is 18.0 Å². The van der Waals surface area contributed by atoms with Crippen LogP contribution in [0.2, 0.25) is 0 Å². The summed E-state index contributed by atoms with van der Waals surface area (Å²) in [6.45, 7) is 3.28. The van der Waals surface area contributed by atoms with Crippen molar-refractivity contribution in [3.05, 3.63) is 0 Å². The summed E-state index contributed by atoms with van der Waals surface area (Å²) in [5.74, 6) is -2.45. The number of aliphatic hydroxyl groups excluding tert-OH is 1. The quantitative estimate of drug-likeness (QED) is 0.346. The highest BCUT2D eigenvalue weighted by molar-refractivity contribution is 8.18. The van der Waals surface area contributed by atoms with Crippen LogP contribution in [0.5, 0.6) is 0 Å². The Morgan fingerprint density at radius 3 is 2.17 bits per heavy atom. The molecule has 35 heavy (non-hydrogen) atoms. The van der Waals surface area contributed by atoms with E-state index in [1.54, 1.807) is 0 Å². The summed E-state index contributed by atoms with van der Waals surface area (Å²) < 4.78 is -0.499. The van der Waals surface area contributed by atoms with Crippen molar-refractivity contribution < 1.29 is 39.6 Å². The lowest BCUT2D eigenvalue weighted by Crippen LogP contribution is -2.62. The van der Waals surface area contributed by atoms with Crippen LogP contribution in [0.25, 0.3) is 0 Å². The number of aliphatic carboxylic acids is 2. The standard InChI is InChI=1S/C25H36O8S2/c1-22-7-8-24(34-12-19(29)30,35-13-20(31)32)9-14(22)3-4-15-16-5-6-25(33,18(28)11-26)23(16,2)10-17(27)21(15)22/h14-16,21,26,33H,3-13H2,1-2H3,(H,29,30)(H,31,32). The van der Waals surface area contributed by atoms with Crippen LogP contribution < -0.4 is 0 Å². The Morgan fingerprint density at radius 1 is 0.971 bits per heavy atom. The molecule has 0 aromatic heterocycles. The van der Waals surface area contributed by atoms with Gasteiger partial charge in [0, 0.05) is 17.8 Å². The zero-order valence-corrected chi connectivity index (χ0v) is 22.0. The monoisotopic (exact) mass is 528 g/mol. The molecule has 0 aromatic rings. The predicted molar refractivity (Wildman–Crippen MR) is 132 cm³/mol. The maximum Gasteiger partial charge on any atom is 0.313 e. The van der Waals surface area contributed by atoms with Crippen molar-refractivity contribution in [2.45, 2.75) is 74.9 Å². The summed E-state index contributed by atoms with van der Waals surface area (Å²) in [7, 11) is 0. The van der Waals surface area contributed by atoms with E-state index in [0.29, 0.717) is 25.7 Å². The van der Waals surface area contributed by atoms with E-state index in [2.05, 4.69) is 6.92 Å². The highest BCUT2D eigenvalue weighted by atomic mass is 32.2. The van der Waals surface area contributed by atoms with Gasteiger partial charge in [-0.3, -0.25) is 19.2 Å². The average molecular weight is 529 g/mol. The number of hydrogen-bond donors (Lipinski definition) is 4. The first kappa shape index (κ1) is 26.9. The second-order valence-corrected chi connectivity index (χ2v) is 14.5. The third-order valence-corrected chi connectivity index (χ3v) is 13.3. The Hall–Kier alpha value is -1.10. The normalized spacial score (nSPS) is 42.0. The number of Topliss-reactive ketones (excluding diaryl/α,β-unsaturated/α-hetero) is 2. The molecule has 4 N–H and O–H groups in total. The summed E-state index contributed by atoms with van der Waals surface area (Å²) >= 11 is 2.64. The minimum atomic E-state index is -1.67. The number of thioether (sulfide) groups is 2. The van der Waals surface area contributed by atoms with Gasteiger partial charge in [0.15, 0.2) is 5.78 Å². The molecular weight excluding hydrogens is 492 g/mol. The van der Waals surface area contributed by atoms with Crippen molar-refractivity contribution >= 4 is 47.0 Å². The van der Waals surface area contributed by atoms with Crippen molar-refractivity contribution in [3.63, 3.8) is 0 Å². The summed E-state index contributed by atoms with van der Waals surface area (Å²) in [4.78, 5) is 48.9. The minimum Gasteiger partial charge on any atom is -0.481 e. The molecule has 10 heteroatoms. The van der Waals surface area contributed by atoms with Crippen LogP contribution in [0.3, 0.4) is 0 Å². The van der Waals surface area contributed by atoms with Crippen molar-refractivity contribution in [2.24, 2.45) is 34.5 Å². The number of aliphatic hydroxyl groups is 2. The third kappa shape index (κ3) is 4.26. The van der Waals surface area contributed by atoms with E-state index in [4.69, 9.17) is 0 Å². The maximum atomic E-state index is 13.8. The highest BCUT2D eigenvalue weighted by Gasteiger charge is 2.69. The second-order valence-electron chi connectivity index (χ2n) is 11.5. The van der Waals surface area contributed by atoms with E-state index < -0.39 is 39.4 Å². The van der Waals surface area contributed by atoms with Crippen LogP contribution in [-0.4, -0.2) is 71.7 Å². The molecular formula is C25H36O8S2. The number of carbonyl (C=O) groups is 4. The van der Waals surface area contributed by atoms with Crippen LogP contribution in [0, 0.1) is 34.5 Å². The summed E-state index contributed by atoms with van der Waals surface area (Å²) in [5.41, 5.74) is -2.82. The molecule has 7 unspecified atom stereocenters. The van der Waals surface area contributed by atoms with Gasteiger partial charge in [-0.2, -0.15) is 0 Å². The van der Waals surface area contributed by atoms with Crippen LogP contribution >= 0.6 is 23.5 Å². The molecule has 7 atom stereocenters. The fraction of sp³-hybridized carbons (Fsp3) is 0.840. The molecule has 4 aliphatic rings. The van der Waals surface area contributed by atoms with Gasteiger partial charge in [-0.15, -0.1) is 23.5 Å². The Labute approximate surface area is 214 Å². The number of fused-ring (bicyclic) bond motifs is 5. The molecule has 0 bridgehead atoms. The molecule has 0 saturated heterocycles. The first-order valence-corrected chi connectivity index (χ1v) is 14.4. The van der Waals surface area contributed by atoms with Crippen LogP contribution in [0.15, 0.2) is 0 Å². The van der Waals surface area contributed by atoms with Crippen LogP contribution in [0.1, 0.15) is 65.2 Å². The second kappa shape index (κ2) is 9.33. The first-order valence-electron chi connectivity index (χ1n) is 12.4. The molecule has 196 valence electrons.